The van der Waals surface area contributed by atoms with Crippen molar-refractivity contribution in [3.8, 4) is 5.75 Å². The molecule has 2 N–H and O–H groups in total. The number of rotatable bonds is 9. The molecule has 1 unspecified atom stereocenters. The number of quaternary nitrogens is 1. The highest BCUT2D eigenvalue weighted by atomic mass is 32.2. The fraction of sp³-hybridized carbons (Fsp3) is 0.381. The van der Waals surface area contributed by atoms with Crippen molar-refractivity contribution in [2.45, 2.75) is 31.3 Å². The lowest BCUT2D eigenvalue weighted by atomic mass is 10.2. The van der Waals surface area contributed by atoms with E-state index in [9.17, 15) is 13.2 Å². The first-order chi connectivity index (χ1) is 13.6. The minimum absolute atomic E-state index is 0.137. The quantitative estimate of drug-likeness (QED) is 0.642. The maximum atomic E-state index is 12.5. The molecule has 0 aliphatic rings. The van der Waals surface area contributed by atoms with Gasteiger partial charge in [0.15, 0.2) is 6.54 Å². The van der Waals surface area contributed by atoms with E-state index in [2.05, 4.69) is 5.32 Å². The fourth-order valence-electron chi connectivity index (χ4n) is 2.83. The zero-order valence-corrected chi connectivity index (χ0v) is 18.4. The van der Waals surface area contributed by atoms with Crippen LogP contribution in [0.5, 0.6) is 5.75 Å². The SMILES string of the molecule is COc1cccc(C[NH+](C)CC(=O)Nc2ccc(S(=O)(=O)N(C)C(C)C)cc2)c1. The fourth-order valence-corrected chi connectivity index (χ4v) is 4.19. The number of hydrogen-bond acceptors (Lipinski definition) is 4. The largest absolute Gasteiger partial charge is 0.497 e. The smallest absolute Gasteiger partial charge is 0.279 e. The van der Waals surface area contributed by atoms with E-state index in [4.69, 9.17) is 4.74 Å². The molecular weight excluding hydrogens is 390 g/mol. The molecule has 1 atom stereocenters. The van der Waals surface area contributed by atoms with E-state index in [0.29, 0.717) is 12.2 Å². The minimum atomic E-state index is -3.54. The molecule has 2 aromatic rings. The van der Waals surface area contributed by atoms with Crippen LogP contribution in [0.3, 0.4) is 0 Å². The third-order valence-corrected chi connectivity index (χ3v) is 6.69. The van der Waals surface area contributed by atoms with Crippen molar-refractivity contribution in [3.05, 3.63) is 54.1 Å². The molecule has 0 aliphatic heterocycles. The summed E-state index contributed by atoms with van der Waals surface area (Å²) in [5.41, 5.74) is 1.65. The number of nitrogens with zero attached hydrogens (tertiary/aromatic N) is 1. The maximum absolute atomic E-state index is 12.5. The van der Waals surface area contributed by atoms with Crippen LogP contribution in [0, 0.1) is 0 Å². The van der Waals surface area contributed by atoms with Crippen molar-refractivity contribution in [2.24, 2.45) is 0 Å². The van der Waals surface area contributed by atoms with Crippen LogP contribution < -0.4 is 15.0 Å². The van der Waals surface area contributed by atoms with Crippen molar-refractivity contribution < 1.29 is 22.8 Å². The summed E-state index contributed by atoms with van der Waals surface area (Å²) in [4.78, 5) is 13.6. The molecule has 0 radical (unpaired) electrons. The number of carbonyl (C=O) groups is 1. The van der Waals surface area contributed by atoms with Gasteiger partial charge in [-0.2, -0.15) is 4.31 Å². The molecule has 8 heteroatoms. The third kappa shape index (κ3) is 6.28. The maximum Gasteiger partial charge on any atom is 0.279 e. The first kappa shape index (κ1) is 22.9. The van der Waals surface area contributed by atoms with Crippen molar-refractivity contribution in [3.63, 3.8) is 0 Å². The van der Waals surface area contributed by atoms with Crippen LogP contribution in [0.2, 0.25) is 0 Å². The number of ether oxygens (including phenoxy) is 1. The van der Waals surface area contributed by atoms with Crippen LogP contribution in [0.1, 0.15) is 19.4 Å². The lowest BCUT2D eigenvalue weighted by molar-refractivity contribution is -0.885. The Balaban J connectivity index is 1.95. The van der Waals surface area contributed by atoms with Gasteiger partial charge in [0.2, 0.25) is 10.0 Å². The number of carbonyl (C=O) groups excluding carboxylic acids is 1. The van der Waals surface area contributed by atoms with E-state index >= 15 is 0 Å². The molecule has 0 spiro atoms. The zero-order chi connectivity index (χ0) is 21.6. The summed E-state index contributed by atoms with van der Waals surface area (Å²) in [6.45, 7) is 4.60. The van der Waals surface area contributed by atoms with Gasteiger partial charge in [0.25, 0.3) is 5.91 Å². The first-order valence-electron chi connectivity index (χ1n) is 9.45. The van der Waals surface area contributed by atoms with Crippen LogP contribution in [0.25, 0.3) is 0 Å². The average molecular weight is 421 g/mol. The number of anilines is 1. The Hall–Kier alpha value is -2.42. The molecule has 1 amide bonds. The Bertz CT molecular complexity index is 927. The molecule has 0 saturated carbocycles. The van der Waals surface area contributed by atoms with Gasteiger partial charge in [-0.15, -0.1) is 0 Å². The lowest BCUT2D eigenvalue weighted by Gasteiger charge is -2.21. The Kier molecular flexibility index (Phi) is 7.78. The molecule has 0 saturated heterocycles. The van der Waals surface area contributed by atoms with E-state index in [1.807, 2.05) is 45.2 Å². The Morgan fingerprint density at radius 3 is 2.41 bits per heavy atom. The zero-order valence-electron chi connectivity index (χ0n) is 17.6. The number of amides is 1. The summed E-state index contributed by atoms with van der Waals surface area (Å²) in [6.07, 6.45) is 0. The van der Waals surface area contributed by atoms with Crippen LogP contribution in [0.4, 0.5) is 5.69 Å². The third-order valence-electron chi connectivity index (χ3n) is 4.64. The lowest BCUT2D eigenvalue weighted by Crippen LogP contribution is -3.08. The van der Waals surface area contributed by atoms with E-state index in [1.165, 1.54) is 16.4 Å². The molecule has 158 valence electrons. The van der Waals surface area contributed by atoms with Crippen molar-refractivity contribution in [1.82, 2.24) is 4.31 Å². The van der Waals surface area contributed by atoms with Gasteiger partial charge < -0.3 is 15.0 Å². The second kappa shape index (κ2) is 9.87. The second-order valence-electron chi connectivity index (χ2n) is 7.35. The van der Waals surface area contributed by atoms with Gasteiger partial charge in [-0.25, -0.2) is 8.42 Å². The summed E-state index contributed by atoms with van der Waals surface area (Å²) in [7, 11) is 1.58. The van der Waals surface area contributed by atoms with Crippen LogP contribution in [-0.2, 0) is 21.4 Å². The number of likely N-dealkylation sites (N-methyl/N-ethyl adjacent to an activating group) is 1. The molecule has 2 aromatic carbocycles. The summed E-state index contributed by atoms with van der Waals surface area (Å²) >= 11 is 0. The van der Waals surface area contributed by atoms with Crippen LogP contribution >= 0.6 is 0 Å². The van der Waals surface area contributed by atoms with E-state index in [1.54, 1.807) is 26.3 Å². The molecule has 0 aliphatic carbocycles. The topological polar surface area (TPSA) is 80.1 Å². The van der Waals surface area contributed by atoms with Gasteiger partial charge in [0.1, 0.15) is 12.3 Å². The number of nitrogens with one attached hydrogen (secondary N) is 2. The number of methoxy groups -OCH3 is 1. The van der Waals surface area contributed by atoms with Crippen molar-refractivity contribution >= 4 is 21.6 Å². The second-order valence-corrected chi connectivity index (χ2v) is 9.35. The number of sulfonamides is 1. The van der Waals surface area contributed by atoms with Crippen LogP contribution in [-0.4, -0.2) is 52.4 Å². The summed E-state index contributed by atoms with van der Waals surface area (Å²) in [5.74, 6) is 0.651. The highest BCUT2D eigenvalue weighted by Gasteiger charge is 2.23. The molecule has 0 heterocycles. The average Bonchev–Trinajstić information content (AvgIpc) is 2.67. The summed E-state index contributed by atoms with van der Waals surface area (Å²) in [6, 6.07) is 13.9. The Morgan fingerprint density at radius 1 is 1.17 bits per heavy atom. The predicted molar refractivity (Wildman–Crippen MR) is 114 cm³/mol. The van der Waals surface area contributed by atoms with Gasteiger partial charge in [-0.1, -0.05) is 12.1 Å². The van der Waals surface area contributed by atoms with Gasteiger partial charge in [-0.05, 0) is 50.2 Å². The Morgan fingerprint density at radius 2 is 1.83 bits per heavy atom. The summed E-state index contributed by atoms with van der Waals surface area (Å²) < 4.78 is 31.5. The van der Waals surface area contributed by atoms with E-state index in [-0.39, 0.29) is 23.4 Å². The predicted octanol–water partition coefficient (Wildman–Crippen LogP) is 1.38. The molecule has 29 heavy (non-hydrogen) atoms. The van der Waals surface area contributed by atoms with Gasteiger partial charge >= 0.3 is 0 Å². The van der Waals surface area contributed by atoms with E-state index in [0.717, 1.165) is 16.2 Å². The highest BCUT2D eigenvalue weighted by Crippen LogP contribution is 2.19. The molecule has 0 aromatic heterocycles. The monoisotopic (exact) mass is 420 g/mol. The first-order valence-corrected chi connectivity index (χ1v) is 10.9. The number of hydrogen-bond donors (Lipinski definition) is 2. The molecule has 7 nitrogen and oxygen atoms in total. The van der Waals surface area contributed by atoms with Gasteiger partial charge in [-0.3, -0.25) is 4.79 Å². The van der Waals surface area contributed by atoms with E-state index < -0.39 is 10.0 Å². The molecular formula is C21H30N3O4S+. The van der Waals surface area contributed by atoms with Gasteiger partial charge in [0.05, 0.1) is 19.1 Å². The Labute approximate surface area is 173 Å². The molecule has 0 bridgehead atoms. The summed E-state index contributed by atoms with van der Waals surface area (Å²) in [5, 5.41) is 2.82. The normalized spacial score (nSPS) is 12.8. The molecule has 2 rings (SSSR count). The van der Waals surface area contributed by atoms with Crippen LogP contribution in [0.15, 0.2) is 53.4 Å². The van der Waals surface area contributed by atoms with Crippen molar-refractivity contribution in [1.29, 1.82) is 0 Å². The highest BCUT2D eigenvalue weighted by molar-refractivity contribution is 7.89. The molecule has 0 fully saturated rings. The van der Waals surface area contributed by atoms with Gasteiger partial charge in [0, 0.05) is 24.3 Å². The standard InChI is InChI=1S/C21H29N3O4S/c1-16(2)24(4)29(26,27)20-11-9-18(10-12-20)22-21(25)15-23(3)14-17-7-6-8-19(13-17)28-5/h6-13,16H,14-15H2,1-5H3,(H,22,25)/p+1. The number of benzene rings is 2. The van der Waals surface area contributed by atoms with Crippen molar-refractivity contribution in [2.75, 3.05) is 33.1 Å². The minimum Gasteiger partial charge on any atom is -0.497 e.